The van der Waals surface area contributed by atoms with Gasteiger partial charge in [-0.1, -0.05) is 0 Å². The molecule has 2 heterocycles. The van der Waals surface area contributed by atoms with Gasteiger partial charge in [0.1, 0.15) is 10.2 Å². The maximum absolute atomic E-state index is 11.8. The molecule has 2 rings (SSSR count). The van der Waals surface area contributed by atoms with E-state index in [9.17, 15) is 9.59 Å². The topological polar surface area (TPSA) is 87.7 Å². The maximum Gasteiger partial charge on any atom is 0.262 e. The van der Waals surface area contributed by atoms with E-state index in [4.69, 9.17) is 0 Å². The zero-order chi connectivity index (χ0) is 13.1. The normalized spacial score (nSPS) is 10.1. The van der Waals surface area contributed by atoms with Crippen LogP contribution in [0.3, 0.4) is 0 Å². The van der Waals surface area contributed by atoms with Crippen LogP contribution in [-0.4, -0.2) is 20.9 Å². The molecule has 2 aromatic rings. The first-order valence-electron chi connectivity index (χ1n) is 5.04. The molecule has 0 saturated heterocycles. The average molecular weight is 309 g/mol. The Morgan fingerprint density at radius 3 is 2.78 bits per heavy atom. The van der Waals surface area contributed by atoms with Crippen molar-refractivity contribution in [1.82, 2.24) is 15.0 Å². The van der Waals surface area contributed by atoms with Crippen LogP contribution in [0.5, 0.6) is 0 Å². The molecule has 0 aliphatic carbocycles. The van der Waals surface area contributed by atoms with Gasteiger partial charge in [0.05, 0.1) is 12.4 Å². The maximum atomic E-state index is 11.8. The molecule has 92 valence electrons. The lowest BCUT2D eigenvalue weighted by molar-refractivity contribution is 0.102. The number of nitrogens with zero attached hydrogens (tertiary/aromatic N) is 2. The van der Waals surface area contributed by atoms with Crippen molar-refractivity contribution in [3.63, 3.8) is 0 Å². The molecule has 7 heteroatoms. The Morgan fingerprint density at radius 2 is 2.17 bits per heavy atom. The first-order chi connectivity index (χ1) is 8.56. The van der Waals surface area contributed by atoms with Crippen molar-refractivity contribution in [1.29, 1.82) is 0 Å². The van der Waals surface area contributed by atoms with Gasteiger partial charge in [-0.05, 0) is 22.9 Å². The summed E-state index contributed by atoms with van der Waals surface area (Å²) in [7, 11) is 0. The standard InChI is InChI=1S/C11H9BrN4O2/c1-6-2-8(17)7(3-13-6)11(18)16-10-5-14-9(12)4-15-10/h2-5H,1H3,(H,13,17)(H,15,16,18). The number of nitrogens with one attached hydrogen (secondary N) is 2. The summed E-state index contributed by atoms with van der Waals surface area (Å²) in [6.45, 7) is 1.74. The molecule has 0 atom stereocenters. The molecule has 6 nitrogen and oxygen atoms in total. The number of pyridine rings is 1. The number of H-pyrrole nitrogens is 1. The molecule has 0 unspecified atom stereocenters. The molecule has 0 spiro atoms. The summed E-state index contributed by atoms with van der Waals surface area (Å²) in [6.07, 6.45) is 4.22. The van der Waals surface area contributed by atoms with Gasteiger partial charge in [0.15, 0.2) is 11.2 Å². The number of carbonyl (C=O) groups is 1. The number of hydrogen-bond acceptors (Lipinski definition) is 4. The minimum atomic E-state index is -0.520. The third-order valence-electron chi connectivity index (χ3n) is 2.16. The monoisotopic (exact) mass is 308 g/mol. The summed E-state index contributed by atoms with van der Waals surface area (Å²) in [6, 6.07) is 1.36. The summed E-state index contributed by atoms with van der Waals surface area (Å²) in [4.78, 5) is 34.1. The van der Waals surface area contributed by atoms with Gasteiger partial charge < -0.3 is 10.3 Å². The third-order valence-corrected chi connectivity index (χ3v) is 2.57. The fourth-order valence-corrected chi connectivity index (χ4v) is 1.52. The molecule has 0 fully saturated rings. The number of aromatic amines is 1. The largest absolute Gasteiger partial charge is 0.364 e. The van der Waals surface area contributed by atoms with Gasteiger partial charge in [-0.2, -0.15) is 0 Å². The quantitative estimate of drug-likeness (QED) is 0.880. The zero-order valence-electron chi connectivity index (χ0n) is 9.40. The lowest BCUT2D eigenvalue weighted by Crippen LogP contribution is -2.22. The predicted octanol–water partition coefficient (Wildman–Crippen LogP) is 1.49. The van der Waals surface area contributed by atoms with Crippen molar-refractivity contribution in [2.45, 2.75) is 6.92 Å². The van der Waals surface area contributed by atoms with Crippen molar-refractivity contribution >= 4 is 27.7 Å². The number of amides is 1. The van der Waals surface area contributed by atoms with Gasteiger partial charge in [0.2, 0.25) is 0 Å². The van der Waals surface area contributed by atoms with Gasteiger partial charge in [-0.3, -0.25) is 9.59 Å². The molecule has 0 aliphatic heterocycles. The molecule has 0 radical (unpaired) electrons. The van der Waals surface area contributed by atoms with Crippen molar-refractivity contribution in [3.05, 3.63) is 50.7 Å². The summed E-state index contributed by atoms with van der Waals surface area (Å²) < 4.78 is 0.564. The van der Waals surface area contributed by atoms with Gasteiger partial charge >= 0.3 is 0 Å². The van der Waals surface area contributed by atoms with Crippen LogP contribution in [0.15, 0.2) is 34.1 Å². The minimum absolute atomic E-state index is 0.0327. The summed E-state index contributed by atoms with van der Waals surface area (Å²) in [5.74, 6) is -0.240. The average Bonchev–Trinajstić information content (AvgIpc) is 2.32. The van der Waals surface area contributed by atoms with E-state index in [0.717, 1.165) is 0 Å². The van der Waals surface area contributed by atoms with Crippen molar-refractivity contribution in [2.24, 2.45) is 0 Å². The number of aryl methyl sites for hydroxylation is 1. The fourth-order valence-electron chi connectivity index (χ4n) is 1.31. The lowest BCUT2D eigenvalue weighted by atomic mass is 10.2. The van der Waals surface area contributed by atoms with Crippen molar-refractivity contribution in [3.8, 4) is 0 Å². The Kier molecular flexibility index (Phi) is 3.52. The highest BCUT2D eigenvalue weighted by molar-refractivity contribution is 9.10. The molecular formula is C11H9BrN4O2. The first-order valence-corrected chi connectivity index (χ1v) is 5.84. The van der Waals surface area contributed by atoms with Gasteiger partial charge in [0, 0.05) is 18.0 Å². The van der Waals surface area contributed by atoms with E-state index in [1.54, 1.807) is 6.92 Å². The van der Waals surface area contributed by atoms with E-state index in [2.05, 4.69) is 36.2 Å². The fraction of sp³-hybridized carbons (Fsp3) is 0.0909. The van der Waals surface area contributed by atoms with Crippen LogP contribution >= 0.6 is 15.9 Å². The molecule has 2 aromatic heterocycles. The lowest BCUT2D eigenvalue weighted by Gasteiger charge is -2.03. The number of aromatic nitrogens is 3. The Morgan fingerprint density at radius 1 is 1.39 bits per heavy atom. The summed E-state index contributed by atoms with van der Waals surface area (Å²) in [5.41, 5.74) is 0.388. The van der Waals surface area contributed by atoms with E-state index in [1.807, 2.05) is 0 Å². The van der Waals surface area contributed by atoms with Crippen LogP contribution in [0.4, 0.5) is 5.82 Å². The van der Waals surface area contributed by atoms with E-state index in [1.165, 1.54) is 24.7 Å². The molecule has 0 aromatic carbocycles. The molecular weight excluding hydrogens is 300 g/mol. The highest BCUT2D eigenvalue weighted by Gasteiger charge is 2.11. The van der Waals surface area contributed by atoms with Crippen LogP contribution in [-0.2, 0) is 0 Å². The molecule has 18 heavy (non-hydrogen) atoms. The number of carbonyl (C=O) groups excluding carboxylic acids is 1. The summed E-state index contributed by atoms with van der Waals surface area (Å²) >= 11 is 3.13. The third kappa shape index (κ3) is 2.80. The van der Waals surface area contributed by atoms with Crippen LogP contribution in [0.2, 0.25) is 0 Å². The minimum Gasteiger partial charge on any atom is -0.364 e. The van der Waals surface area contributed by atoms with Gasteiger partial charge in [-0.25, -0.2) is 9.97 Å². The smallest absolute Gasteiger partial charge is 0.262 e. The van der Waals surface area contributed by atoms with Crippen LogP contribution in [0.1, 0.15) is 16.1 Å². The van der Waals surface area contributed by atoms with Crippen molar-refractivity contribution < 1.29 is 4.79 Å². The van der Waals surface area contributed by atoms with Gasteiger partial charge in [-0.15, -0.1) is 0 Å². The Balaban J connectivity index is 2.22. The molecule has 0 saturated carbocycles. The predicted molar refractivity (Wildman–Crippen MR) is 69.5 cm³/mol. The highest BCUT2D eigenvalue weighted by Crippen LogP contribution is 2.07. The first kappa shape index (κ1) is 12.4. The second kappa shape index (κ2) is 5.09. The number of halogens is 1. The molecule has 2 N–H and O–H groups in total. The highest BCUT2D eigenvalue weighted by atomic mass is 79.9. The number of anilines is 1. The molecule has 0 bridgehead atoms. The SMILES string of the molecule is Cc1cc(=O)c(C(=O)Nc2cnc(Br)cn2)c[nH]1. The molecule has 0 aliphatic rings. The molecule has 1 amide bonds. The second-order valence-corrected chi connectivity index (χ2v) is 4.38. The van der Waals surface area contributed by atoms with E-state index < -0.39 is 5.91 Å². The van der Waals surface area contributed by atoms with E-state index in [-0.39, 0.29) is 16.8 Å². The van der Waals surface area contributed by atoms with E-state index in [0.29, 0.717) is 10.3 Å². The van der Waals surface area contributed by atoms with Crippen molar-refractivity contribution in [2.75, 3.05) is 5.32 Å². The Hall–Kier alpha value is -2.02. The Bertz CT molecular complexity index is 636. The zero-order valence-corrected chi connectivity index (χ0v) is 11.0. The summed E-state index contributed by atoms with van der Waals surface area (Å²) in [5, 5.41) is 2.49. The van der Waals surface area contributed by atoms with Crippen LogP contribution in [0.25, 0.3) is 0 Å². The Labute approximate surface area is 111 Å². The number of rotatable bonds is 2. The number of hydrogen-bond donors (Lipinski definition) is 2. The van der Waals surface area contributed by atoms with Crippen LogP contribution in [0, 0.1) is 6.92 Å². The second-order valence-electron chi connectivity index (χ2n) is 3.57. The van der Waals surface area contributed by atoms with E-state index >= 15 is 0 Å². The van der Waals surface area contributed by atoms with Crippen LogP contribution < -0.4 is 10.7 Å². The van der Waals surface area contributed by atoms with Gasteiger partial charge in [0.25, 0.3) is 5.91 Å².